The quantitative estimate of drug-likeness (QED) is 0.852. The van der Waals surface area contributed by atoms with E-state index in [9.17, 15) is 0 Å². The fraction of sp³-hybridized carbons (Fsp3) is 0.733. The van der Waals surface area contributed by atoms with Crippen LogP contribution in [0.15, 0.2) is 10.9 Å². The van der Waals surface area contributed by atoms with Crippen LogP contribution in [0.2, 0.25) is 0 Å². The Morgan fingerprint density at radius 3 is 2.91 bits per heavy atom. The summed E-state index contributed by atoms with van der Waals surface area (Å²) in [6.07, 6.45) is 6.15. The van der Waals surface area contributed by atoms with Crippen molar-refractivity contribution in [2.75, 3.05) is 0 Å². The Morgan fingerprint density at radius 2 is 2.27 bits per heavy atom. The molecule has 120 valence electrons. The van der Waals surface area contributed by atoms with Crippen molar-refractivity contribution in [1.29, 1.82) is 0 Å². The molecule has 22 heavy (non-hydrogen) atoms. The highest BCUT2D eigenvalue weighted by atomic mass is 16.5. The van der Waals surface area contributed by atoms with Crippen molar-refractivity contribution in [3.05, 3.63) is 12.2 Å². The van der Waals surface area contributed by atoms with Crippen molar-refractivity contribution in [3.63, 3.8) is 0 Å². The Bertz CT molecular complexity index is 579. The van der Waals surface area contributed by atoms with E-state index < -0.39 is 0 Å². The molecule has 0 saturated heterocycles. The summed E-state index contributed by atoms with van der Waals surface area (Å²) in [5, 5.41) is 14.3. The molecule has 0 aromatic carbocycles. The maximum absolute atomic E-state index is 5.48. The Balaban J connectivity index is 1.74. The molecule has 0 amide bonds. The molecule has 2 aromatic heterocycles. The van der Waals surface area contributed by atoms with Crippen LogP contribution in [0.3, 0.4) is 0 Å². The molecule has 2 heterocycles. The van der Waals surface area contributed by atoms with Crippen LogP contribution in [0.25, 0.3) is 11.6 Å². The molecule has 0 radical (unpaired) electrons. The molecule has 3 unspecified atom stereocenters. The third-order valence-electron chi connectivity index (χ3n) is 4.21. The van der Waals surface area contributed by atoms with Gasteiger partial charge in [-0.15, -0.1) is 0 Å². The number of nitrogens with zero attached hydrogens (tertiary/aromatic N) is 4. The van der Waals surface area contributed by atoms with Crippen molar-refractivity contribution < 1.29 is 4.52 Å². The summed E-state index contributed by atoms with van der Waals surface area (Å²) in [4.78, 5) is 8.55. The number of hydrogen-bond donors (Lipinski definition) is 2. The lowest BCUT2D eigenvalue weighted by Crippen LogP contribution is -2.32. The van der Waals surface area contributed by atoms with Crippen molar-refractivity contribution in [2.45, 2.75) is 58.5 Å². The second-order valence-corrected chi connectivity index (χ2v) is 6.75. The van der Waals surface area contributed by atoms with Gasteiger partial charge in [0.1, 0.15) is 6.33 Å². The number of aromatic amines is 1. The normalized spacial score (nSPS) is 23.3. The van der Waals surface area contributed by atoms with E-state index in [-0.39, 0.29) is 6.04 Å². The van der Waals surface area contributed by atoms with Crippen molar-refractivity contribution in [2.24, 2.45) is 11.8 Å². The van der Waals surface area contributed by atoms with Crippen molar-refractivity contribution in [1.82, 2.24) is 30.6 Å². The van der Waals surface area contributed by atoms with Crippen LogP contribution in [0.1, 0.15) is 58.4 Å². The van der Waals surface area contributed by atoms with Gasteiger partial charge in [-0.25, -0.2) is 4.98 Å². The fourth-order valence-electron chi connectivity index (χ4n) is 3.14. The molecule has 2 N–H and O–H groups in total. The summed E-state index contributed by atoms with van der Waals surface area (Å²) in [6, 6.07) is 0.638. The van der Waals surface area contributed by atoms with Crippen molar-refractivity contribution >= 4 is 0 Å². The third-order valence-corrected chi connectivity index (χ3v) is 4.21. The molecular formula is C15H24N6O. The zero-order chi connectivity index (χ0) is 15.5. The Labute approximate surface area is 130 Å². The van der Waals surface area contributed by atoms with E-state index in [1.807, 2.05) is 0 Å². The van der Waals surface area contributed by atoms with E-state index in [0.29, 0.717) is 29.5 Å². The van der Waals surface area contributed by atoms with Gasteiger partial charge >= 0.3 is 0 Å². The highest BCUT2D eigenvalue weighted by molar-refractivity contribution is 5.39. The molecule has 2 aromatic rings. The van der Waals surface area contributed by atoms with Crippen LogP contribution in [-0.4, -0.2) is 31.4 Å². The molecule has 3 atom stereocenters. The van der Waals surface area contributed by atoms with Gasteiger partial charge in [0.15, 0.2) is 5.82 Å². The van der Waals surface area contributed by atoms with Gasteiger partial charge in [0, 0.05) is 6.04 Å². The minimum Gasteiger partial charge on any atom is -0.337 e. The first-order valence-electron chi connectivity index (χ1n) is 8.07. The lowest BCUT2D eigenvalue weighted by molar-refractivity contribution is 0.284. The minimum atomic E-state index is 0.0967. The predicted molar refractivity (Wildman–Crippen MR) is 81.8 cm³/mol. The van der Waals surface area contributed by atoms with Gasteiger partial charge in [0.05, 0.1) is 6.04 Å². The van der Waals surface area contributed by atoms with E-state index >= 15 is 0 Å². The summed E-state index contributed by atoms with van der Waals surface area (Å²) >= 11 is 0. The molecule has 1 fully saturated rings. The van der Waals surface area contributed by atoms with Crippen molar-refractivity contribution in [3.8, 4) is 11.6 Å². The third kappa shape index (κ3) is 3.52. The number of rotatable bonds is 6. The zero-order valence-electron chi connectivity index (χ0n) is 13.4. The van der Waals surface area contributed by atoms with Crippen LogP contribution < -0.4 is 5.32 Å². The molecule has 1 aliphatic carbocycles. The lowest BCUT2D eigenvalue weighted by Gasteiger charge is -2.21. The molecule has 3 rings (SSSR count). The van der Waals surface area contributed by atoms with E-state index in [4.69, 9.17) is 4.52 Å². The van der Waals surface area contributed by atoms with Gasteiger partial charge in [0.25, 0.3) is 0 Å². The molecule has 0 bridgehead atoms. The number of aromatic nitrogens is 5. The first kappa shape index (κ1) is 15.1. The molecule has 7 nitrogen and oxygen atoms in total. The molecule has 7 heteroatoms. The monoisotopic (exact) mass is 304 g/mol. The Kier molecular flexibility index (Phi) is 4.52. The molecule has 1 saturated carbocycles. The standard InChI is InChI=1S/C15H24N6O/c1-9(2)6-12(18-11-5-4-10(3)7-11)15-19-14(21-22-15)13-16-8-17-20-13/h8-12,18H,4-7H2,1-3H3,(H,16,17,20). The van der Waals surface area contributed by atoms with Gasteiger partial charge in [-0.05, 0) is 37.5 Å². The van der Waals surface area contributed by atoms with E-state index in [0.717, 1.165) is 12.3 Å². The smallest absolute Gasteiger partial charge is 0.244 e. The van der Waals surface area contributed by atoms with Gasteiger partial charge in [-0.2, -0.15) is 10.1 Å². The number of H-pyrrole nitrogens is 1. The molecular weight excluding hydrogens is 280 g/mol. The topological polar surface area (TPSA) is 92.5 Å². The van der Waals surface area contributed by atoms with Crippen LogP contribution >= 0.6 is 0 Å². The van der Waals surface area contributed by atoms with Gasteiger partial charge < -0.3 is 9.84 Å². The summed E-state index contributed by atoms with van der Waals surface area (Å²) in [5.41, 5.74) is 0. The van der Waals surface area contributed by atoms with Crippen LogP contribution in [0.5, 0.6) is 0 Å². The summed E-state index contributed by atoms with van der Waals surface area (Å²) in [6.45, 7) is 6.73. The molecule has 0 spiro atoms. The maximum Gasteiger partial charge on any atom is 0.244 e. The summed E-state index contributed by atoms with van der Waals surface area (Å²) in [5.74, 6) is 2.98. The van der Waals surface area contributed by atoms with Gasteiger partial charge in [0.2, 0.25) is 11.7 Å². The minimum absolute atomic E-state index is 0.0967. The lowest BCUT2D eigenvalue weighted by atomic mass is 10.0. The summed E-state index contributed by atoms with van der Waals surface area (Å²) in [7, 11) is 0. The first-order chi connectivity index (χ1) is 10.6. The Hall–Kier alpha value is -1.76. The largest absolute Gasteiger partial charge is 0.337 e. The average molecular weight is 304 g/mol. The first-order valence-corrected chi connectivity index (χ1v) is 8.07. The van der Waals surface area contributed by atoms with E-state index in [1.54, 1.807) is 0 Å². The molecule has 1 aliphatic rings. The van der Waals surface area contributed by atoms with E-state index in [1.165, 1.54) is 25.6 Å². The average Bonchev–Trinajstić information content (AvgIpc) is 3.18. The van der Waals surface area contributed by atoms with Gasteiger partial charge in [-0.3, -0.25) is 5.10 Å². The highest BCUT2D eigenvalue weighted by Gasteiger charge is 2.28. The SMILES string of the molecule is CC(C)CC(NC1CCC(C)C1)c1nc(-c2ncn[nH]2)no1. The Morgan fingerprint density at radius 1 is 1.41 bits per heavy atom. The number of nitrogens with one attached hydrogen (secondary N) is 2. The zero-order valence-corrected chi connectivity index (χ0v) is 13.4. The van der Waals surface area contributed by atoms with Crippen LogP contribution in [0, 0.1) is 11.8 Å². The predicted octanol–water partition coefficient (Wildman–Crippen LogP) is 2.72. The van der Waals surface area contributed by atoms with Gasteiger partial charge in [-0.1, -0.05) is 25.9 Å². The van der Waals surface area contributed by atoms with Crippen LogP contribution in [-0.2, 0) is 0 Å². The number of hydrogen-bond acceptors (Lipinski definition) is 6. The maximum atomic E-state index is 5.48. The van der Waals surface area contributed by atoms with Crippen LogP contribution in [0.4, 0.5) is 0 Å². The second-order valence-electron chi connectivity index (χ2n) is 6.75. The highest BCUT2D eigenvalue weighted by Crippen LogP contribution is 2.29. The fourth-order valence-corrected chi connectivity index (χ4v) is 3.14. The summed E-state index contributed by atoms with van der Waals surface area (Å²) < 4.78 is 5.48. The van der Waals surface area contributed by atoms with E-state index in [2.05, 4.69) is 51.4 Å². The second kappa shape index (κ2) is 6.56. The molecule has 0 aliphatic heterocycles.